The van der Waals surface area contributed by atoms with Crippen LogP contribution in [0.4, 0.5) is 5.69 Å². The van der Waals surface area contributed by atoms with Crippen LogP contribution >= 0.6 is 11.6 Å². The molecule has 3 N–H and O–H groups in total. The molecule has 1 heterocycles. The summed E-state index contributed by atoms with van der Waals surface area (Å²) in [5.74, 6) is 0.415. The van der Waals surface area contributed by atoms with Gasteiger partial charge in [-0.25, -0.2) is 18.1 Å². The van der Waals surface area contributed by atoms with Gasteiger partial charge in [-0.15, -0.1) is 0 Å². The van der Waals surface area contributed by atoms with Crippen molar-refractivity contribution in [2.45, 2.75) is 11.4 Å². The normalized spacial score (nSPS) is 11.3. The molecule has 0 aliphatic carbocycles. The fraction of sp³-hybridized carbons (Fsp3) is 0.154. The van der Waals surface area contributed by atoms with E-state index in [1.165, 1.54) is 25.3 Å². The van der Waals surface area contributed by atoms with E-state index in [0.29, 0.717) is 10.9 Å². The molecule has 6 nitrogen and oxygen atoms in total. The Morgan fingerprint density at radius 1 is 1.33 bits per heavy atom. The fourth-order valence-electron chi connectivity index (χ4n) is 1.69. The number of nitrogens with one attached hydrogen (secondary N) is 1. The first-order valence-corrected chi connectivity index (χ1v) is 7.82. The number of rotatable bonds is 5. The second-order valence-electron chi connectivity index (χ2n) is 4.21. The Kier molecular flexibility index (Phi) is 4.66. The molecule has 0 radical (unpaired) electrons. The molecule has 0 atom stereocenters. The number of aromatic nitrogens is 1. The SMILES string of the molecule is COc1cc(CNS(=O)(=O)c2ccc(Cl)cc2N)ccn1. The average molecular weight is 328 g/mol. The van der Waals surface area contributed by atoms with Gasteiger partial charge in [0.15, 0.2) is 0 Å². The summed E-state index contributed by atoms with van der Waals surface area (Å²) in [7, 11) is -2.23. The minimum absolute atomic E-state index is 0.00655. The molecule has 0 bridgehead atoms. The van der Waals surface area contributed by atoms with Gasteiger partial charge in [-0.05, 0) is 29.8 Å². The summed E-state index contributed by atoms with van der Waals surface area (Å²) in [5.41, 5.74) is 6.51. The molecule has 0 unspecified atom stereocenters. The second-order valence-corrected chi connectivity index (χ2v) is 6.38. The zero-order valence-corrected chi connectivity index (χ0v) is 12.8. The largest absolute Gasteiger partial charge is 0.481 e. The van der Waals surface area contributed by atoms with Crippen LogP contribution in [0, 0.1) is 0 Å². The fourth-order valence-corrected chi connectivity index (χ4v) is 3.00. The number of anilines is 1. The molecule has 1 aromatic carbocycles. The summed E-state index contributed by atoms with van der Waals surface area (Å²) in [5, 5.41) is 0.380. The number of nitrogens with zero attached hydrogens (tertiary/aromatic N) is 1. The Balaban J connectivity index is 2.17. The topological polar surface area (TPSA) is 94.3 Å². The summed E-state index contributed by atoms with van der Waals surface area (Å²) in [6.45, 7) is 0.100. The monoisotopic (exact) mass is 327 g/mol. The molecule has 0 aliphatic rings. The van der Waals surface area contributed by atoms with Gasteiger partial charge in [-0.3, -0.25) is 0 Å². The van der Waals surface area contributed by atoms with E-state index in [2.05, 4.69) is 9.71 Å². The minimum Gasteiger partial charge on any atom is -0.481 e. The molecule has 0 aliphatic heterocycles. The third kappa shape index (κ3) is 3.84. The lowest BCUT2D eigenvalue weighted by molar-refractivity contribution is 0.397. The Labute approximate surface area is 128 Å². The van der Waals surface area contributed by atoms with E-state index in [1.807, 2.05) is 0 Å². The third-order valence-electron chi connectivity index (χ3n) is 2.74. The van der Waals surface area contributed by atoms with Gasteiger partial charge in [-0.1, -0.05) is 11.6 Å². The maximum Gasteiger partial charge on any atom is 0.242 e. The molecule has 21 heavy (non-hydrogen) atoms. The predicted octanol–water partition coefficient (Wildman–Crippen LogP) is 1.80. The van der Waals surface area contributed by atoms with E-state index in [4.69, 9.17) is 22.1 Å². The number of hydrogen-bond donors (Lipinski definition) is 2. The molecule has 0 spiro atoms. The Morgan fingerprint density at radius 3 is 2.76 bits per heavy atom. The molecule has 2 aromatic rings. The maximum atomic E-state index is 12.2. The van der Waals surface area contributed by atoms with Crippen molar-refractivity contribution in [3.8, 4) is 5.88 Å². The summed E-state index contributed by atoms with van der Waals surface area (Å²) in [4.78, 5) is 3.94. The number of hydrogen-bond acceptors (Lipinski definition) is 5. The summed E-state index contributed by atoms with van der Waals surface area (Å²) < 4.78 is 31.9. The van der Waals surface area contributed by atoms with Crippen LogP contribution in [0.3, 0.4) is 0 Å². The highest BCUT2D eigenvalue weighted by Gasteiger charge is 2.17. The maximum absolute atomic E-state index is 12.2. The zero-order chi connectivity index (χ0) is 15.5. The van der Waals surface area contributed by atoms with E-state index in [0.717, 1.165) is 5.56 Å². The van der Waals surface area contributed by atoms with Crippen molar-refractivity contribution in [2.75, 3.05) is 12.8 Å². The third-order valence-corrected chi connectivity index (χ3v) is 4.45. The van der Waals surface area contributed by atoms with Crippen molar-refractivity contribution in [1.29, 1.82) is 0 Å². The van der Waals surface area contributed by atoms with Gasteiger partial charge < -0.3 is 10.5 Å². The lowest BCUT2D eigenvalue weighted by Crippen LogP contribution is -2.24. The van der Waals surface area contributed by atoms with Gasteiger partial charge in [-0.2, -0.15) is 0 Å². The van der Waals surface area contributed by atoms with Crippen molar-refractivity contribution in [1.82, 2.24) is 9.71 Å². The minimum atomic E-state index is -3.72. The van der Waals surface area contributed by atoms with Crippen LogP contribution in [0.15, 0.2) is 41.4 Å². The van der Waals surface area contributed by atoms with Crippen molar-refractivity contribution in [3.05, 3.63) is 47.1 Å². The summed E-state index contributed by atoms with van der Waals surface area (Å²) in [6.07, 6.45) is 1.54. The molecular weight excluding hydrogens is 314 g/mol. The molecule has 8 heteroatoms. The Hall–Kier alpha value is -1.83. The van der Waals surface area contributed by atoms with Crippen LogP contribution in [0.2, 0.25) is 5.02 Å². The summed E-state index contributed by atoms with van der Waals surface area (Å²) in [6, 6.07) is 7.57. The van der Waals surface area contributed by atoms with Crippen LogP contribution in [0.5, 0.6) is 5.88 Å². The quantitative estimate of drug-likeness (QED) is 0.817. The molecule has 0 fully saturated rings. The molecule has 112 valence electrons. The van der Waals surface area contributed by atoms with E-state index in [9.17, 15) is 8.42 Å². The average Bonchev–Trinajstić information content (AvgIpc) is 2.45. The van der Waals surface area contributed by atoms with E-state index >= 15 is 0 Å². The lowest BCUT2D eigenvalue weighted by atomic mass is 10.3. The van der Waals surface area contributed by atoms with Crippen LogP contribution < -0.4 is 15.2 Å². The molecule has 0 saturated carbocycles. The van der Waals surface area contributed by atoms with Gasteiger partial charge in [0.2, 0.25) is 15.9 Å². The van der Waals surface area contributed by atoms with Gasteiger partial charge >= 0.3 is 0 Å². The number of pyridine rings is 1. The predicted molar refractivity (Wildman–Crippen MR) is 80.7 cm³/mol. The van der Waals surface area contributed by atoms with Crippen LogP contribution in [-0.2, 0) is 16.6 Å². The lowest BCUT2D eigenvalue weighted by Gasteiger charge is -2.10. The standard InChI is InChI=1S/C13H14ClN3O3S/c1-20-13-6-9(4-5-16-13)8-17-21(18,19)12-3-2-10(14)7-11(12)15/h2-7,17H,8,15H2,1H3. The van der Waals surface area contributed by atoms with E-state index < -0.39 is 10.0 Å². The van der Waals surface area contributed by atoms with Crippen molar-refractivity contribution < 1.29 is 13.2 Å². The van der Waals surface area contributed by atoms with Gasteiger partial charge in [0.05, 0.1) is 12.8 Å². The first-order chi connectivity index (χ1) is 9.92. The van der Waals surface area contributed by atoms with Crippen molar-refractivity contribution in [2.24, 2.45) is 0 Å². The first kappa shape index (κ1) is 15.6. The number of methoxy groups -OCH3 is 1. The van der Waals surface area contributed by atoms with Gasteiger partial charge in [0.25, 0.3) is 0 Å². The zero-order valence-electron chi connectivity index (χ0n) is 11.2. The second kappa shape index (κ2) is 6.30. The number of benzene rings is 1. The molecule has 0 amide bonds. The Morgan fingerprint density at radius 2 is 2.10 bits per heavy atom. The highest BCUT2D eigenvalue weighted by Crippen LogP contribution is 2.22. The van der Waals surface area contributed by atoms with Crippen molar-refractivity contribution >= 4 is 27.3 Å². The number of nitrogens with two attached hydrogens (primary N) is 1. The Bertz CT molecular complexity index is 750. The number of ether oxygens (including phenoxy) is 1. The first-order valence-electron chi connectivity index (χ1n) is 5.96. The van der Waals surface area contributed by atoms with Crippen LogP contribution in [0.25, 0.3) is 0 Å². The van der Waals surface area contributed by atoms with Crippen LogP contribution in [-0.4, -0.2) is 20.5 Å². The van der Waals surface area contributed by atoms with Gasteiger partial charge in [0.1, 0.15) is 4.90 Å². The molecule has 1 aromatic heterocycles. The number of halogens is 1. The van der Waals surface area contributed by atoms with Gasteiger partial charge in [0, 0.05) is 23.8 Å². The number of sulfonamides is 1. The van der Waals surface area contributed by atoms with E-state index in [1.54, 1.807) is 18.3 Å². The summed E-state index contributed by atoms with van der Waals surface area (Å²) >= 11 is 5.76. The molecular formula is C13H14ClN3O3S. The molecule has 0 saturated heterocycles. The highest BCUT2D eigenvalue weighted by atomic mass is 35.5. The van der Waals surface area contributed by atoms with Crippen LogP contribution in [0.1, 0.15) is 5.56 Å². The smallest absolute Gasteiger partial charge is 0.242 e. The number of nitrogen functional groups attached to an aromatic ring is 1. The van der Waals surface area contributed by atoms with Crippen molar-refractivity contribution in [3.63, 3.8) is 0 Å². The van der Waals surface area contributed by atoms with E-state index in [-0.39, 0.29) is 17.1 Å². The molecule has 2 rings (SSSR count). The highest BCUT2D eigenvalue weighted by molar-refractivity contribution is 7.89.